The average molecular weight is 439 g/mol. The SMILES string of the molecule is COc1cccc(C(=O)NN=Cc2ccc(OCc3ccc(Br)cc3)cc2)c1. The number of carbonyl (C=O) groups is 1. The molecule has 0 saturated heterocycles. The Bertz CT molecular complexity index is 954. The first-order valence-electron chi connectivity index (χ1n) is 8.59. The summed E-state index contributed by atoms with van der Waals surface area (Å²) in [6.07, 6.45) is 1.58. The van der Waals surface area contributed by atoms with Crippen molar-refractivity contribution in [3.63, 3.8) is 0 Å². The molecule has 0 radical (unpaired) electrons. The molecule has 0 aliphatic rings. The van der Waals surface area contributed by atoms with Gasteiger partial charge in [-0.15, -0.1) is 0 Å². The lowest BCUT2D eigenvalue weighted by Crippen LogP contribution is -2.17. The smallest absolute Gasteiger partial charge is 0.271 e. The fraction of sp³-hybridized carbons (Fsp3) is 0.0909. The lowest BCUT2D eigenvalue weighted by Gasteiger charge is -2.06. The van der Waals surface area contributed by atoms with Gasteiger partial charge < -0.3 is 9.47 Å². The molecule has 0 aliphatic heterocycles. The number of amides is 1. The van der Waals surface area contributed by atoms with Crippen LogP contribution in [0, 0.1) is 0 Å². The standard InChI is InChI=1S/C22H19BrN2O3/c1-27-21-4-2-3-18(13-21)22(26)25-24-14-16-7-11-20(12-8-16)28-15-17-5-9-19(23)10-6-17/h2-14H,15H2,1H3,(H,25,26). The van der Waals surface area contributed by atoms with E-state index in [0.29, 0.717) is 17.9 Å². The molecule has 6 heteroatoms. The molecule has 28 heavy (non-hydrogen) atoms. The van der Waals surface area contributed by atoms with E-state index in [-0.39, 0.29) is 5.91 Å². The van der Waals surface area contributed by atoms with Crippen LogP contribution in [0.25, 0.3) is 0 Å². The van der Waals surface area contributed by atoms with E-state index in [1.54, 1.807) is 37.6 Å². The number of hydrogen-bond acceptors (Lipinski definition) is 4. The summed E-state index contributed by atoms with van der Waals surface area (Å²) >= 11 is 3.41. The van der Waals surface area contributed by atoms with Crippen LogP contribution in [-0.4, -0.2) is 19.2 Å². The molecular formula is C22H19BrN2O3. The largest absolute Gasteiger partial charge is 0.497 e. The van der Waals surface area contributed by atoms with Crippen molar-refractivity contribution >= 4 is 28.1 Å². The number of rotatable bonds is 7. The van der Waals surface area contributed by atoms with Gasteiger partial charge in [0.2, 0.25) is 0 Å². The zero-order valence-electron chi connectivity index (χ0n) is 15.3. The van der Waals surface area contributed by atoms with Gasteiger partial charge in [-0.3, -0.25) is 4.79 Å². The van der Waals surface area contributed by atoms with Gasteiger partial charge in [0.25, 0.3) is 5.91 Å². The Morgan fingerprint density at radius 1 is 1.04 bits per heavy atom. The van der Waals surface area contributed by atoms with E-state index < -0.39 is 0 Å². The van der Waals surface area contributed by atoms with Crippen LogP contribution in [0.3, 0.4) is 0 Å². The highest BCUT2D eigenvalue weighted by Crippen LogP contribution is 2.16. The molecule has 3 aromatic rings. The third-order valence-electron chi connectivity index (χ3n) is 3.91. The van der Waals surface area contributed by atoms with Crippen LogP contribution < -0.4 is 14.9 Å². The van der Waals surface area contributed by atoms with Crippen LogP contribution in [0.4, 0.5) is 0 Å². The Kier molecular flexibility index (Phi) is 6.81. The van der Waals surface area contributed by atoms with Crippen molar-refractivity contribution in [2.24, 2.45) is 5.10 Å². The fourth-order valence-electron chi connectivity index (χ4n) is 2.39. The second kappa shape index (κ2) is 9.71. The van der Waals surface area contributed by atoms with Crippen LogP contribution >= 0.6 is 15.9 Å². The zero-order chi connectivity index (χ0) is 19.8. The van der Waals surface area contributed by atoms with Crippen LogP contribution in [0.1, 0.15) is 21.5 Å². The monoisotopic (exact) mass is 438 g/mol. The average Bonchev–Trinajstić information content (AvgIpc) is 2.74. The maximum atomic E-state index is 12.1. The van der Waals surface area contributed by atoms with E-state index in [1.165, 1.54) is 0 Å². The van der Waals surface area contributed by atoms with E-state index in [1.807, 2.05) is 48.5 Å². The summed E-state index contributed by atoms with van der Waals surface area (Å²) in [5.41, 5.74) is 4.92. The molecular weight excluding hydrogens is 420 g/mol. The second-order valence-corrected chi connectivity index (χ2v) is 6.83. The van der Waals surface area contributed by atoms with Gasteiger partial charge >= 0.3 is 0 Å². The number of nitrogens with one attached hydrogen (secondary N) is 1. The first-order valence-corrected chi connectivity index (χ1v) is 9.38. The Morgan fingerprint density at radius 2 is 1.79 bits per heavy atom. The van der Waals surface area contributed by atoms with Gasteiger partial charge in [-0.1, -0.05) is 34.1 Å². The lowest BCUT2D eigenvalue weighted by atomic mass is 10.2. The molecule has 0 fully saturated rings. The second-order valence-electron chi connectivity index (χ2n) is 5.92. The van der Waals surface area contributed by atoms with E-state index in [4.69, 9.17) is 9.47 Å². The number of hydrogen-bond donors (Lipinski definition) is 1. The molecule has 0 heterocycles. The van der Waals surface area contributed by atoms with Crippen molar-refractivity contribution in [2.75, 3.05) is 7.11 Å². The van der Waals surface area contributed by atoms with Crippen LogP contribution in [-0.2, 0) is 6.61 Å². The Labute approximate surface area is 172 Å². The van der Waals surface area contributed by atoms with Crippen molar-refractivity contribution in [1.82, 2.24) is 5.43 Å². The van der Waals surface area contributed by atoms with Crippen LogP contribution in [0.2, 0.25) is 0 Å². The Balaban J connectivity index is 1.51. The van der Waals surface area contributed by atoms with Gasteiger partial charge in [-0.25, -0.2) is 5.43 Å². The molecule has 0 spiro atoms. The summed E-state index contributed by atoms with van der Waals surface area (Å²) in [6, 6.07) is 22.4. The van der Waals surface area contributed by atoms with E-state index in [0.717, 1.165) is 21.3 Å². The van der Waals surface area contributed by atoms with Crippen molar-refractivity contribution < 1.29 is 14.3 Å². The maximum Gasteiger partial charge on any atom is 0.271 e. The lowest BCUT2D eigenvalue weighted by molar-refractivity contribution is 0.0955. The minimum atomic E-state index is -0.301. The number of carbonyl (C=O) groups excluding carboxylic acids is 1. The van der Waals surface area contributed by atoms with Gasteiger partial charge in [0.05, 0.1) is 13.3 Å². The maximum absolute atomic E-state index is 12.1. The summed E-state index contributed by atoms with van der Waals surface area (Å²) < 4.78 is 11.9. The number of nitrogens with zero attached hydrogens (tertiary/aromatic N) is 1. The minimum absolute atomic E-state index is 0.301. The molecule has 3 aromatic carbocycles. The molecule has 0 bridgehead atoms. The number of benzene rings is 3. The molecule has 0 aromatic heterocycles. The Hall–Kier alpha value is -3.12. The number of halogens is 1. The normalized spacial score (nSPS) is 10.6. The number of ether oxygens (including phenoxy) is 2. The van der Waals surface area contributed by atoms with Crippen molar-refractivity contribution in [1.29, 1.82) is 0 Å². The quantitative estimate of drug-likeness (QED) is 0.425. The predicted molar refractivity (Wildman–Crippen MR) is 113 cm³/mol. The highest BCUT2D eigenvalue weighted by atomic mass is 79.9. The first-order chi connectivity index (χ1) is 13.6. The molecule has 3 rings (SSSR count). The topological polar surface area (TPSA) is 59.9 Å². The molecule has 0 saturated carbocycles. The van der Waals surface area contributed by atoms with E-state index >= 15 is 0 Å². The Morgan fingerprint density at radius 3 is 2.50 bits per heavy atom. The van der Waals surface area contributed by atoms with Gasteiger partial charge in [0.15, 0.2) is 0 Å². The van der Waals surface area contributed by atoms with Crippen LogP contribution in [0.15, 0.2) is 82.4 Å². The highest BCUT2D eigenvalue weighted by Gasteiger charge is 2.05. The summed E-state index contributed by atoms with van der Waals surface area (Å²) in [4.78, 5) is 12.1. The molecule has 142 valence electrons. The van der Waals surface area contributed by atoms with Gasteiger partial charge in [0.1, 0.15) is 18.1 Å². The van der Waals surface area contributed by atoms with Gasteiger partial charge in [-0.2, -0.15) is 5.10 Å². The van der Waals surface area contributed by atoms with Gasteiger partial charge in [-0.05, 0) is 65.7 Å². The molecule has 5 nitrogen and oxygen atoms in total. The first kappa shape index (κ1) is 19.6. The number of hydrazone groups is 1. The molecule has 0 atom stereocenters. The number of methoxy groups -OCH3 is 1. The van der Waals surface area contributed by atoms with E-state index in [9.17, 15) is 4.79 Å². The van der Waals surface area contributed by atoms with Crippen molar-refractivity contribution in [3.05, 3.63) is 94.0 Å². The zero-order valence-corrected chi connectivity index (χ0v) is 16.8. The summed E-state index contributed by atoms with van der Waals surface area (Å²) in [6.45, 7) is 0.497. The molecule has 1 N–H and O–H groups in total. The molecule has 1 amide bonds. The fourth-order valence-corrected chi connectivity index (χ4v) is 2.66. The van der Waals surface area contributed by atoms with Crippen molar-refractivity contribution in [2.45, 2.75) is 6.61 Å². The molecule has 0 aliphatic carbocycles. The molecule has 0 unspecified atom stereocenters. The highest BCUT2D eigenvalue weighted by molar-refractivity contribution is 9.10. The summed E-state index contributed by atoms with van der Waals surface area (Å²) in [5, 5.41) is 3.99. The minimum Gasteiger partial charge on any atom is -0.497 e. The van der Waals surface area contributed by atoms with E-state index in [2.05, 4.69) is 26.5 Å². The third-order valence-corrected chi connectivity index (χ3v) is 4.44. The van der Waals surface area contributed by atoms with Crippen molar-refractivity contribution in [3.8, 4) is 11.5 Å². The van der Waals surface area contributed by atoms with Gasteiger partial charge in [0, 0.05) is 10.0 Å². The summed E-state index contributed by atoms with van der Waals surface area (Å²) in [5.74, 6) is 1.08. The predicted octanol–water partition coefficient (Wildman–Crippen LogP) is 4.80. The van der Waals surface area contributed by atoms with Crippen LogP contribution in [0.5, 0.6) is 11.5 Å². The third kappa shape index (κ3) is 5.69. The summed E-state index contributed by atoms with van der Waals surface area (Å²) in [7, 11) is 1.56.